The summed E-state index contributed by atoms with van der Waals surface area (Å²) >= 11 is 0.781. The number of para-hydroxylation sites is 1. The van der Waals surface area contributed by atoms with Crippen molar-refractivity contribution >= 4 is 34.6 Å². The molecule has 1 aromatic rings. The molecule has 0 bridgehead atoms. The Kier molecular flexibility index (Phi) is 3.90. The van der Waals surface area contributed by atoms with Crippen LogP contribution in [0.15, 0.2) is 24.3 Å². The van der Waals surface area contributed by atoms with Crippen molar-refractivity contribution in [2.45, 2.75) is 25.0 Å². The third-order valence-electron chi connectivity index (χ3n) is 2.89. The molecule has 0 saturated carbocycles. The monoisotopic (exact) mass is 279 g/mol. The summed E-state index contributed by atoms with van der Waals surface area (Å²) in [5.41, 5.74) is 1.45. The summed E-state index contributed by atoms with van der Waals surface area (Å²) in [7, 11) is 0. The molecule has 100 valence electrons. The number of rotatable bonds is 4. The molecule has 1 atom stereocenters. The molecule has 1 saturated heterocycles. The average Bonchev–Trinajstić information content (AvgIpc) is 2.64. The van der Waals surface area contributed by atoms with Gasteiger partial charge in [0.2, 0.25) is 5.91 Å². The Morgan fingerprint density at radius 2 is 2.05 bits per heavy atom. The maximum absolute atomic E-state index is 12.1. The predicted octanol–water partition coefficient (Wildman–Crippen LogP) is 2.29. The van der Waals surface area contributed by atoms with Crippen LogP contribution in [0.25, 0.3) is 0 Å². The lowest BCUT2D eigenvalue weighted by atomic mass is 10.1. The van der Waals surface area contributed by atoms with Crippen molar-refractivity contribution < 1.29 is 19.5 Å². The highest BCUT2D eigenvalue weighted by atomic mass is 32.2. The fraction of sp³-hybridized carbons (Fsp3) is 0.308. The molecule has 19 heavy (non-hydrogen) atoms. The maximum Gasteiger partial charge on any atom is 0.305 e. The highest BCUT2D eigenvalue weighted by molar-refractivity contribution is 8.15. The molecular weight excluding hydrogens is 266 g/mol. The van der Waals surface area contributed by atoms with Crippen LogP contribution in [0.2, 0.25) is 0 Å². The quantitative estimate of drug-likeness (QED) is 0.915. The number of aliphatic carboxylic acids is 1. The van der Waals surface area contributed by atoms with E-state index < -0.39 is 22.4 Å². The minimum atomic E-state index is -1.08. The van der Waals surface area contributed by atoms with Crippen molar-refractivity contribution in [2.75, 3.05) is 4.90 Å². The summed E-state index contributed by atoms with van der Waals surface area (Å²) < 4.78 is 0. The number of amides is 2. The zero-order chi connectivity index (χ0) is 14.0. The molecule has 1 heterocycles. The minimum absolute atomic E-state index is 0.333. The van der Waals surface area contributed by atoms with Gasteiger partial charge in [-0.15, -0.1) is 0 Å². The molecule has 6 heteroatoms. The molecule has 1 fully saturated rings. The first kappa shape index (κ1) is 13.6. The number of carbonyl (C=O) groups excluding carboxylic acids is 2. The predicted molar refractivity (Wildman–Crippen MR) is 72.3 cm³/mol. The van der Waals surface area contributed by atoms with E-state index in [1.807, 2.05) is 19.1 Å². The van der Waals surface area contributed by atoms with Crippen LogP contribution >= 0.6 is 11.8 Å². The molecule has 2 amide bonds. The van der Waals surface area contributed by atoms with Crippen LogP contribution < -0.4 is 4.90 Å². The number of aryl methyl sites for hydroxylation is 1. The number of hydrogen-bond donors (Lipinski definition) is 1. The van der Waals surface area contributed by atoms with Crippen LogP contribution in [-0.4, -0.2) is 27.5 Å². The Hall–Kier alpha value is -1.82. The Labute approximate surface area is 114 Å². The smallest absolute Gasteiger partial charge is 0.305 e. The molecule has 1 aliphatic rings. The fourth-order valence-corrected chi connectivity index (χ4v) is 2.96. The maximum atomic E-state index is 12.1. The van der Waals surface area contributed by atoms with Crippen molar-refractivity contribution in [3.63, 3.8) is 0 Å². The lowest BCUT2D eigenvalue weighted by Crippen LogP contribution is -2.32. The van der Waals surface area contributed by atoms with Gasteiger partial charge in [-0.1, -0.05) is 25.1 Å². The van der Waals surface area contributed by atoms with E-state index in [9.17, 15) is 14.4 Å². The Balaban J connectivity index is 2.32. The Bertz CT molecular complexity index is 543. The zero-order valence-corrected chi connectivity index (χ0v) is 11.1. The molecule has 1 N–H and O–H groups in total. The third-order valence-corrected chi connectivity index (χ3v) is 3.93. The zero-order valence-electron chi connectivity index (χ0n) is 10.3. The van der Waals surface area contributed by atoms with Gasteiger partial charge in [0, 0.05) is 0 Å². The summed E-state index contributed by atoms with van der Waals surface area (Å²) in [5, 5.41) is 7.51. The average molecular weight is 279 g/mol. The van der Waals surface area contributed by atoms with E-state index in [0.717, 1.165) is 22.2 Å². The van der Waals surface area contributed by atoms with E-state index in [2.05, 4.69) is 0 Å². The van der Waals surface area contributed by atoms with Gasteiger partial charge in [0.25, 0.3) is 5.24 Å². The number of anilines is 1. The molecule has 0 aromatic heterocycles. The number of nitrogens with zero attached hydrogens (tertiary/aromatic N) is 1. The van der Waals surface area contributed by atoms with Crippen molar-refractivity contribution in [2.24, 2.45) is 0 Å². The Morgan fingerprint density at radius 1 is 1.37 bits per heavy atom. The second kappa shape index (κ2) is 5.44. The van der Waals surface area contributed by atoms with Crippen LogP contribution in [0, 0.1) is 0 Å². The van der Waals surface area contributed by atoms with Gasteiger partial charge in [-0.2, -0.15) is 0 Å². The first-order valence-electron chi connectivity index (χ1n) is 5.89. The van der Waals surface area contributed by atoms with E-state index in [1.54, 1.807) is 12.1 Å². The van der Waals surface area contributed by atoms with Crippen molar-refractivity contribution in [3.05, 3.63) is 29.8 Å². The molecule has 0 aliphatic carbocycles. The van der Waals surface area contributed by atoms with E-state index in [0.29, 0.717) is 12.1 Å². The summed E-state index contributed by atoms with van der Waals surface area (Å²) in [4.78, 5) is 35.8. The number of hydrogen-bond acceptors (Lipinski definition) is 4. The number of carboxylic acids is 1. The van der Waals surface area contributed by atoms with E-state index in [4.69, 9.17) is 5.11 Å². The molecular formula is C13H13NO4S. The molecule has 0 spiro atoms. The van der Waals surface area contributed by atoms with Crippen LogP contribution in [0.1, 0.15) is 18.9 Å². The van der Waals surface area contributed by atoms with Gasteiger partial charge in [-0.05, 0) is 29.8 Å². The third kappa shape index (κ3) is 2.63. The summed E-state index contributed by atoms with van der Waals surface area (Å²) in [6.07, 6.45) is 0.363. The van der Waals surface area contributed by atoms with Crippen molar-refractivity contribution in [1.82, 2.24) is 0 Å². The standard InChI is InChI=1S/C13H13NO4S/c1-2-8-5-3-4-6-9(8)14-12(17)10(7-11(15)16)19-13(14)18/h3-6,10H,2,7H2,1H3,(H,15,16). The molecule has 5 nitrogen and oxygen atoms in total. The highest BCUT2D eigenvalue weighted by Crippen LogP contribution is 2.35. The van der Waals surface area contributed by atoms with Crippen molar-refractivity contribution in [1.29, 1.82) is 0 Å². The van der Waals surface area contributed by atoms with Gasteiger partial charge >= 0.3 is 5.97 Å². The van der Waals surface area contributed by atoms with Gasteiger partial charge in [-0.25, -0.2) is 4.90 Å². The van der Waals surface area contributed by atoms with Gasteiger partial charge < -0.3 is 5.11 Å². The van der Waals surface area contributed by atoms with Gasteiger partial charge in [0.15, 0.2) is 0 Å². The first-order valence-corrected chi connectivity index (χ1v) is 6.76. The van der Waals surface area contributed by atoms with Crippen LogP contribution in [-0.2, 0) is 16.0 Å². The molecule has 0 radical (unpaired) electrons. The largest absolute Gasteiger partial charge is 0.481 e. The fourth-order valence-electron chi connectivity index (χ4n) is 1.99. The normalized spacial score (nSPS) is 19.0. The van der Waals surface area contributed by atoms with Crippen molar-refractivity contribution in [3.8, 4) is 0 Å². The number of benzene rings is 1. The lowest BCUT2D eigenvalue weighted by molar-refractivity contribution is -0.138. The van der Waals surface area contributed by atoms with Gasteiger partial charge in [-0.3, -0.25) is 14.4 Å². The van der Waals surface area contributed by atoms with Crippen LogP contribution in [0.5, 0.6) is 0 Å². The highest BCUT2D eigenvalue weighted by Gasteiger charge is 2.42. The molecule has 1 aromatic carbocycles. The lowest BCUT2D eigenvalue weighted by Gasteiger charge is -2.17. The van der Waals surface area contributed by atoms with Gasteiger partial charge in [0.05, 0.1) is 12.1 Å². The molecule has 1 aliphatic heterocycles. The van der Waals surface area contributed by atoms with Crippen LogP contribution in [0.4, 0.5) is 10.5 Å². The summed E-state index contributed by atoms with van der Waals surface area (Å²) in [6, 6.07) is 7.16. The SMILES string of the molecule is CCc1ccccc1N1C(=O)SC(CC(=O)O)C1=O. The minimum Gasteiger partial charge on any atom is -0.481 e. The topological polar surface area (TPSA) is 74.7 Å². The first-order chi connectivity index (χ1) is 9.04. The number of carbonyl (C=O) groups is 3. The number of carboxylic acid groups (broad SMARTS) is 1. The summed E-state index contributed by atoms with van der Waals surface area (Å²) in [5.74, 6) is -1.53. The summed E-state index contributed by atoms with van der Waals surface area (Å²) in [6.45, 7) is 1.94. The van der Waals surface area contributed by atoms with E-state index >= 15 is 0 Å². The van der Waals surface area contributed by atoms with E-state index in [-0.39, 0.29) is 6.42 Å². The second-order valence-corrected chi connectivity index (χ2v) is 5.28. The second-order valence-electron chi connectivity index (χ2n) is 4.13. The number of thioether (sulfide) groups is 1. The van der Waals surface area contributed by atoms with Gasteiger partial charge in [0.1, 0.15) is 5.25 Å². The Morgan fingerprint density at radius 3 is 2.68 bits per heavy atom. The molecule has 2 rings (SSSR count). The van der Waals surface area contributed by atoms with Crippen LogP contribution in [0.3, 0.4) is 0 Å². The van der Waals surface area contributed by atoms with E-state index in [1.165, 1.54) is 0 Å². The number of imide groups is 1. The molecule has 1 unspecified atom stereocenters.